The van der Waals surface area contributed by atoms with Crippen LogP contribution in [0.3, 0.4) is 0 Å². The number of benzene rings is 3. The minimum atomic E-state index is -3.87. The molecular weight excluding hydrogens is 618 g/mol. The standard InChI is InChI=1S/C35H47N5O6S/c1-25(2)18-20-40(47(44,45)29-16-14-26(24-41)15-17-29)31-23-37-22-30(31)38-19-21-39(35(43)46-3)33(34(36)42)32(27-10-6-4-7-11-27)28-12-8-5-9-13-28/h4-17,25,30-33,37-38,41H,18-24H2,1-3H3,(H2,36,42)/t30-,31-,33+/m1/s1. The van der Waals surface area contributed by atoms with E-state index in [1.54, 1.807) is 16.4 Å². The van der Waals surface area contributed by atoms with Crippen molar-refractivity contribution in [1.82, 2.24) is 19.8 Å². The van der Waals surface area contributed by atoms with Crippen LogP contribution in [0, 0.1) is 5.92 Å². The summed E-state index contributed by atoms with van der Waals surface area (Å²) in [7, 11) is -2.60. The molecule has 1 aliphatic heterocycles. The summed E-state index contributed by atoms with van der Waals surface area (Å²) in [6.07, 6.45) is -0.0189. The highest BCUT2D eigenvalue weighted by Gasteiger charge is 2.40. The number of aliphatic hydroxyl groups excluding tert-OH is 1. The highest BCUT2D eigenvalue weighted by atomic mass is 32.2. The molecular formula is C35H47N5O6S. The maximum absolute atomic E-state index is 14.0. The quantitative estimate of drug-likeness (QED) is 0.182. The van der Waals surface area contributed by atoms with E-state index in [0.29, 0.717) is 31.6 Å². The lowest BCUT2D eigenvalue weighted by Gasteiger charge is -2.36. The maximum Gasteiger partial charge on any atom is 0.410 e. The van der Waals surface area contributed by atoms with E-state index in [4.69, 9.17) is 10.5 Å². The fourth-order valence-electron chi connectivity index (χ4n) is 6.13. The van der Waals surface area contributed by atoms with E-state index in [-0.39, 0.29) is 36.6 Å². The Bertz CT molecular complexity index is 1500. The van der Waals surface area contributed by atoms with Gasteiger partial charge in [0, 0.05) is 44.7 Å². The van der Waals surface area contributed by atoms with Gasteiger partial charge in [-0.2, -0.15) is 4.31 Å². The Morgan fingerprint density at radius 3 is 2.06 bits per heavy atom. The van der Waals surface area contributed by atoms with Crippen LogP contribution in [0.15, 0.2) is 89.8 Å². The first kappa shape index (κ1) is 36.0. The lowest BCUT2D eigenvalue weighted by molar-refractivity contribution is -0.123. The molecule has 1 saturated heterocycles. The third-order valence-electron chi connectivity index (χ3n) is 8.62. The number of carbonyl (C=O) groups is 2. The van der Waals surface area contributed by atoms with Crippen molar-refractivity contribution in [3.63, 3.8) is 0 Å². The molecule has 254 valence electrons. The number of ether oxygens (including phenoxy) is 1. The number of primary amides is 1. The summed E-state index contributed by atoms with van der Waals surface area (Å²) in [5.74, 6) is -0.942. The molecule has 3 aromatic rings. The van der Waals surface area contributed by atoms with Crippen LogP contribution in [0.1, 0.15) is 42.9 Å². The van der Waals surface area contributed by atoms with E-state index in [1.807, 2.05) is 60.7 Å². The van der Waals surface area contributed by atoms with Crippen LogP contribution in [0.4, 0.5) is 4.79 Å². The van der Waals surface area contributed by atoms with Gasteiger partial charge in [0.05, 0.1) is 24.7 Å². The van der Waals surface area contributed by atoms with Gasteiger partial charge in [-0.25, -0.2) is 13.2 Å². The Morgan fingerprint density at radius 1 is 0.957 bits per heavy atom. The average molecular weight is 666 g/mol. The third kappa shape index (κ3) is 8.96. The first-order valence-electron chi connectivity index (χ1n) is 16.0. The summed E-state index contributed by atoms with van der Waals surface area (Å²) in [5.41, 5.74) is 8.31. The number of nitrogens with one attached hydrogen (secondary N) is 2. The van der Waals surface area contributed by atoms with Crippen molar-refractivity contribution in [3.8, 4) is 0 Å². The molecule has 47 heavy (non-hydrogen) atoms. The van der Waals surface area contributed by atoms with Gasteiger partial charge >= 0.3 is 6.09 Å². The fourth-order valence-corrected chi connectivity index (χ4v) is 7.81. The van der Waals surface area contributed by atoms with Gasteiger partial charge in [-0.05, 0) is 41.2 Å². The van der Waals surface area contributed by atoms with E-state index >= 15 is 0 Å². The Hall–Kier alpha value is -3.81. The topological polar surface area (TPSA) is 154 Å². The minimum Gasteiger partial charge on any atom is -0.453 e. The van der Waals surface area contributed by atoms with Crippen molar-refractivity contribution in [1.29, 1.82) is 0 Å². The first-order chi connectivity index (χ1) is 22.6. The molecule has 0 bridgehead atoms. The number of sulfonamides is 1. The van der Waals surface area contributed by atoms with Crippen LogP contribution < -0.4 is 16.4 Å². The molecule has 1 heterocycles. The van der Waals surface area contributed by atoms with Crippen molar-refractivity contribution in [2.75, 3.05) is 39.8 Å². The van der Waals surface area contributed by atoms with Crippen molar-refractivity contribution < 1.29 is 27.9 Å². The van der Waals surface area contributed by atoms with Gasteiger partial charge in [0.15, 0.2) is 0 Å². The molecule has 12 heteroatoms. The Kier molecular flexibility index (Phi) is 12.9. The largest absolute Gasteiger partial charge is 0.453 e. The molecule has 4 rings (SSSR count). The molecule has 1 fully saturated rings. The lowest BCUT2D eigenvalue weighted by Crippen LogP contribution is -2.56. The summed E-state index contributed by atoms with van der Waals surface area (Å²) >= 11 is 0. The van der Waals surface area contributed by atoms with E-state index in [9.17, 15) is 23.1 Å². The van der Waals surface area contributed by atoms with Gasteiger partial charge in [-0.1, -0.05) is 86.6 Å². The summed E-state index contributed by atoms with van der Waals surface area (Å²) in [6.45, 7) is 5.56. The van der Waals surface area contributed by atoms with Crippen molar-refractivity contribution in [2.45, 2.75) is 55.8 Å². The molecule has 0 aliphatic carbocycles. The van der Waals surface area contributed by atoms with Gasteiger partial charge in [-0.15, -0.1) is 0 Å². The highest BCUT2D eigenvalue weighted by molar-refractivity contribution is 7.89. The van der Waals surface area contributed by atoms with Gasteiger partial charge < -0.3 is 26.2 Å². The van der Waals surface area contributed by atoms with E-state index < -0.39 is 40.0 Å². The monoisotopic (exact) mass is 665 g/mol. The number of nitrogens with zero attached hydrogens (tertiary/aromatic N) is 2. The van der Waals surface area contributed by atoms with Crippen LogP contribution in [0.25, 0.3) is 0 Å². The molecule has 0 unspecified atom stereocenters. The second-order valence-corrected chi connectivity index (χ2v) is 14.1. The van der Waals surface area contributed by atoms with Crippen LogP contribution >= 0.6 is 0 Å². The number of rotatable bonds is 16. The molecule has 5 N–H and O–H groups in total. The fraction of sp³-hybridized carbons (Fsp3) is 0.429. The molecule has 11 nitrogen and oxygen atoms in total. The second kappa shape index (κ2) is 16.8. The minimum absolute atomic E-state index is 0.0844. The van der Waals surface area contributed by atoms with Gasteiger partial charge in [-0.3, -0.25) is 9.69 Å². The average Bonchev–Trinajstić information content (AvgIpc) is 3.53. The zero-order chi connectivity index (χ0) is 34.0. The molecule has 2 amide bonds. The molecule has 0 spiro atoms. The third-order valence-corrected chi connectivity index (χ3v) is 10.6. The predicted octanol–water partition coefficient (Wildman–Crippen LogP) is 2.90. The number of hydrogen-bond donors (Lipinski definition) is 4. The summed E-state index contributed by atoms with van der Waals surface area (Å²) in [6, 6.07) is 23.4. The van der Waals surface area contributed by atoms with Crippen LogP contribution in [0.2, 0.25) is 0 Å². The number of aliphatic hydroxyl groups is 1. The zero-order valence-electron chi connectivity index (χ0n) is 27.3. The highest BCUT2D eigenvalue weighted by Crippen LogP contribution is 2.31. The van der Waals surface area contributed by atoms with Gasteiger partial charge in [0.25, 0.3) is 0 Å². The number of carbonyl (C=O) groups excluding carboxylic acids is 2. The maximum atomic E-state index is 14.0. The second-order valence-electron chi connectivity index (χ2n) is 12.2. The van der Waals surface area contributed by atoms with Crippen molar-refractivity contribution in [3.05, 3.63) is 102 Å². The molecule has 0 radical (unpaired) electrons. The Morgan fingerprint density at radius 2 is 1.55 bits per heavy atom. The SMILES string of the molecule is COC(=O)N(CCN[C@@H]1CNC[C@H]1N(CCC(C)C)S(=O)(=O)c1ccc(CO)cc1)[C@H](C(N)=O)C(c1ccccc1)c1ccccc1. The van der Waals surface area contributed by atoms with Crippen LogP contribution in [-0.2, 0) is 26.2 Å². The van der Waals surface area contributed by atoms with E-state index in [2.05, 4.69) is 24.5 Å². The molecule has 3 atom stereocenters. The molecule has 0 aromatic heterocycles. The molecule has 1 aliphatic rings. The number of hydrogen-bond acceptors (Lipinski definition) is 8. The summed E-state index contributed by atoms with van der Waals surface area (Å²) < 4.78 is 34.7. The molecule has 3 aromatic carbocycles. The number of nitrogens with two attached hydrogens (primary N) is 1. The Balaban J connectivity index is 1.58. The van der Waals surface area contributed by atoms with E-state index in [1.165, 1.54) is 24.1 Å². The number of amides is 2. The van der Waals surface area contributed by atoms with Gasteiger partial charge in [0.1, 0.15) is 6.04 Å². The zero-order valence-corrected chi connectivity index (χ0v) is 28.1. The van der Waals surface area contributed by atoms with Crippen molar-refractivity contribution >= 4 is 22.0 Å². The Labute approximate surface area is 278 Å². The van der Waals surface area contributed by atoms with Crippen LogP contribution in [-0.4, -0.2) is 92.7 Å². The predicted molar refractivity (Wildman–Crippen MR) is 181 cm³/mol. The molecule has 0 saturated carbocycles. The first-order valence-corrected chi connectivity index (χ1v) is 17.4. The van der Waals surface area contributed by atoms with Crippen molar-refractivity contribution in [2.24, 2.45) is 11.7 Å². The van der Waals surface area contributed by atoms with E-state index in [0.717, 1.165) is 11.1 Å². The van der Waals surface area contributed by atoms with Crippen LogP contribution in [0.5, 0.6) is 0 Å². The normalized spacial score (nSPS) is 17.3. The number of methoxy groups -OCH3 is 1. The smallest absolute Gasteiger partial charge is 0.410 e. The summed E-state index contributed by atoms with van der Waals surface area (Å²) in [5, 5.41) is 16.2. The summed E-state index contributed by atoms with van der Waals surface area (Å²) in [4.78, 5) is 28.0. The lowest BCUT2D eigenvalue weighted by atomic mass is 9.84. The van der Waals surface area contributed by atoms with Gasteiger partial charge in [0.2, 0.25) is 15.9 Å².